The maximum Gasteiger partial charge on any atom is 0.263 e. The van der Waals surface area contributed by atoms with E-state index in [2.05, 4.69) is 30.8 Å². The second kappa shape index (κ2) is 7.07. The van der Waals surface area contributed by atoms with Gasteiger partial charge in [-0.15, -0.1) is 0 Å². The number of methoxy groups -OCH3 is 1. The summed E-state index contributed by atoms with van der Waals surface area (Å²) in [5.74, 6) is 0.381. The summed E-state index contributed by atoms with van der Waals surface area (Å²) in [5.41, 5.74) is 1.91. The van der Waals surface area contributed by atoms with Crippen LogP contribution in [0.15, 0.2) is 58.2 Å². The van der Waals surface area contributed by atoms with Crippen molar-refractivity contribution in [3.05, 3.63) is 58.3 Å². The molecule has 0 atom stereocenters. The Kier molecular flexibility index (Phi) is 5.03. The van der Waals surface area contributed by atoms with Gasteiger partial charge in [-0.05, 0) is 34.1 Å². The molecule has 0 spiro atoms. The molecule has 0 bridgehead atoms. The topological polar surface area (TPSA) is 84.1 Å². The Morgan fingerprint density at radius 1 is 1.28 bits per heavy atom. The Labute approximate surface area is 158 Å². The summed E-state index contributed by atoms with van der Waals surface area (Å²) >= 11 is 9.33. The average molecular weight is 443 g/mol. The lowest BCUT2D eigenvalue weighted by Gasteiger charge is -2.14. The van der Waals surface area contributed by atoms with Crippen molar-refractivity contribution in [1.29, 1.82) is 0 Å². The van der Waals surface area contributed by atoms with Crippen LogP contribution in [0.4, 0.5) is 5.69 Å². The van der Waals surface area contributed by atoms with Crippen LogP contribution >= 0.6 is 27.5 Å². The number of ether oxygens (including phenoxy) is 1. The zero-order valence-electron chi connectivity index (χ0n) is 13.0. The normalized spacial score (nSPS) is 11.3. The molecule has 0 unspecified atom stereocenters. The Morgan fingerprint density at radius 2 is 2.04 bits per heavy atom. The summed E-state index contributed by atoms with van der Waals surface area (Å²) in [7, 11) is -2.41. The maximum atomic E-state index is 12.8. The lowest BCUT2D eigenvalue weighted by molar-refractivity contribution is 0.414. The monoisotopic (exact) mass is 441 g/mol. The lowest BCUT2D eigenvalue weighted by Crippen LogP contribution is -2.14. The van der Waals surface area contributed by atoms with Crippen LogP contribution in [0.25, 0.3) is 11.1 Å². The van der Waals surface area contributed by atoms with Gasteiger partial charge < -0.3 is 4.74 Å². The van der Waals surface area contributed by atoms with E-state index >= 15 is 0 Å². The SMILES string of the molecule is COc1cc(Br)c(S(=O)(=O)Nc2ccccc2-c2cn[nH]c2)cc1Cl. The number of sulfonamides is 1. The van der Waals surface area contributed by atoms with Crippen LogP contribution in [0.3, 0.4) is 0 Å². The van der Waals surface area contributed by atoms with E-state index in [1.807, 2.05) is 6.07 Å². The fourth-order valence-electron chi connectivity index (χ4n) is 2.29. The molecule has 0 aliphatic heterocycles. The molecule has 0 aliphatic rings. The molecule has 0 saturated carbocycles. The summed E-state index contributed by atoms with van der Waals surface area (Å²) in [6.45, 7) is 0. The highest BCUT2D eigenvalue weighted by molar-refractivity contribution is 9.10. The minimum absolute atomic E-state index is 0.0142. The Bertz CT molecular complexity index is 1010. The summed E-state index contributed by atoms with van der Waals surface area (Å²) < 4.78 is 33.7. The van der Waals surface area contributed by atoms with Crippen molar-refractivity contribution < 1.29 is 13.2 Å². The first kappa shape index (κ1) is 17.8. The Morgan fingerprint density at radius 3 is 2.72 bits per heavy atom. The van der Waals surface area contributed by atoms with E-state index < -0.39 is 10.0 Å². The van der Waals surface area contributed by atoms with Crippen molar-refractivity contribution in [3.8, 4) is 16.9 Å². The Balaban J connectivity index is 2.03. The smallest absolute Gasteiger partial charge is 0.263 e. The van der Waals surface area contributed by atoms with Gasteiger partial charge >= 0.3 is 0 Å². The molecule has 130 valence electrons. The number of nitrogens with one attached hydrogen (secondary N) is 2. The van der Waals surface area contributed by atoms with Crippen molar-refractivity contribution in [2.75, 3.05) is 11.8 Å². The van der Waals surface area contributed by atoms with Gasteiger partial charge in [0.1, 0.15) is 10.6 Å². The van der Waals surface area contributed by atoms with E-state index in [1.165, 1.54) is 19.2 Å². The highest BCUT2D eigenvalue weighted by atomic mass is 79.9. The number of para-hydroxylation sites is 1. The number of aromatic amines is 1. The summed E-state index contributed by atoms with van der Waals surface area (Å²) in [6.07, 6.45) is 3.31. The molecule has 1 heterocycles. The summed E-state index contributed by atoms with van der Waals surface area (Å²) in [4.78, 5) is 0.0142. The molecular weight excluding hydrogens is 430 g/mol. The van der Waals surface area contributed by atoms with E-state index in [-0.39, 0.29) is 9.92 Å². The van der Waals surface area contributed by atoms with Gasteiger partial charge in [0.05, 0.1) is 24.0 Å². The summed E-state index contributed by atoms with van der Waals surface area (Å²) in [6, 6.07) is 9.90. The van der Waals surface area contributed by atoms with Gasteiger partial charge in [0, 0.05) is 21.8 Å². The van der Waals surface area contributed by atoms with Crippen LogP contribution in [0.2, 0.25) is 5.02 Å². The average Bonchev–Trinajstić information content (AvgIpc) is 3.11. The van der Waals surface area contributed by atoms with Gasteiger partial charge in [-0.1, -0.05) is 29.8 Å². The van der Waals surface area contributed by atoms with Crippen molar-refractivity contribution in [2.45, 2.75) is 4.90 Å². The van der Waals surface area contributed by atoms with Crippen molar-refractivity contribution in [1.82, 2.24) is 10.2 Å². The molecule has 0 amide bonds. The molecule has 25 heavy (non-hydrogen) atoms. The third kappa shape index (κ3) is 3.65. The van der Waals surface area contributed by atoms with E-state index in [1.54, 1.807) is 30.6 Å². The highest BCUT2D eigenvalue weighted by Gasteiger charge is 2.22. The van der Waals surface area contributed by atoms with E-state index in [0.29, 0.717) is 21.5 Å². The number of rotatable bonds is 5. The largest absolute Gasteiger partial charge is 0.495 e. The van der Waals surface area contributed by atoms with Crippen molar-refractivity contribution in [2.24, 2.45) is 0 Å². The zero-order valence-corrected chi connectivity index (χ0v) is 16.1. The number of nitrogens with zero attached hydrogens (tertiary/aromatic N) is 1. The van der Waals surface area contributed by atoms with Gasteiger partial charge in [-0.25, -0.2) is 8.42 Å². The van der Waals surface area contributed by atoms with Crippen LogP contribution < -0.4 is 9.46 Å². The first-order valence-corrected chi connectivity index (χ1v) is 9.72. The van der Waals surface area contributed by atoms with Crippen LogP contribution in [0.5, 0.6) is 5.75 Å². The van der Waals surface area contributed by atoms with Crippen molar-refractivity contribution >= 4 is 43.2 Å². The van der Waals surface area contributed by atoms with E-state index in [9.17, 15) is 8.42 Å². The number of hydrogen-bond acceptors (Lipinski definition) is 4. The van der Waals surface area contributed by atoms with Gasteiger partial charge in [-0.2, -0.15) is 5.10 Å². The first-order valence-electron chi connectivity index (χ1n) is 7.06. The van der Waals surface area contributed by atoms with Crippen LogP contribution in [-0.4, -0.2) is 25.7 Å². The van der Waals surface area contributed by atoms with Gasteiger partial charge in [-0.3, -0.25) is 9.82 Å². The third-order valence-corrected chi connectivity index (χ3v) is 6.10. The molecule has 3 aromatic rings. The molecule has 2 aromatic carbocycles. The number of benzene rings is 2. The fourth-order valence-corrected chi connectivity index (χ4v) is 4.73. The number of anilines is 1. The number of aromatic nitrogens is 2. The zero-order chi connectivity index (χ0) is 18.0. The lowest BCUT2D eigenvalue weighted by atomic mass is 10.1. The molecule has 9 heteroatoms. The van der Waals surface area contributed by atoms with E-state index in [4.69, 9.17) is 16.3 Å². The Hall–Kier alpha value is -2.03. The fraction of sp³-hybridized carbons (Fsp3) is 0.0625. The minimum Gasteiger partial charge on any atom is -0.495 e. The molecule has 3 rings (SSSR count). The molecule has 0 radical (unpaired) electrons. The second-order valence-electron chi connectivity index (χ2n) is 5.06. The molecule has 0 fully saturated rings. The standard InChI is InChI=1S/C16H13BrClN3O3S/c1-24-15-6-12(17)16(7-13(15)18)25(22,23)21-14-5-3-2-4-11(14)10-8-19-20-9-10/h2-9,21H,1H3,(H,19,20). The quantitative estimate of drug-likeness (QED) is 0.617. The number of halogens is 2. The molecule has 0 saturated heterocycles. The van der Waals surface area contributed by atoms with Crippen LogP contribution in [-0.2, 0) is 10.0 Å². The van der Waals surface area contributed by atoms with Crippen LogP contribution in [0.1, 0.15) is 0 Å². The first-order chi connectivity index (χ1) is 11.9. The van der Waals surface area contributed by atoms with Gasteiger partial charge in [0.25, 0.3) is 10.0 Å². The second-order valence-corrected chi connectivity index (χ2v) is 7.97. The van der Waals surface area contributed by atoms with Gasteiger partial charge in [0.15, 0.2) is 0 Å². The molecule has 2 N–H and O–H groups in total. The minimum atomic E-state index is -3.87. The molecule has 1 aromatic heterocycles. The number of hydrogen-bond donors (Lipinski definition) is 2. The predicted octanol–water partition coefficient (Wildman–Crippen LogP) is 4.30. The highest BCUT2D eigenvalue weighted by Crippen LogP contribution is 2.35. The van der Waals surface area contributed by atoms with E-state index in [0.717, 1.165) is 5.56 Å². The molecular formula is C16H13BrClN3O3S. The van der Waals surface area contributed by atoms with Crippen molar-refractivity contribution in [3.63, 3.8) is 0 Å². The third-order valence-electron chi connectivity index (χ3n) is 3.48. The summed E-state index contributed by atoms with van der Waals surface area (Å²) in [5, 5.41) is 6.81. The number of H-pyrrole nitrogens is 1. The molecule has 0 aliphatic carbocycles. The maximum absolute atomic E-state index is 12.8. The van der Waals surface area contributed by atoms with Crippen LogP contribution in [0, 0.1) is 0 Å². The predicted molar refractivity (Wildman–Crippen MR) is 101 cm³/mol. The van der Waals surface area contributed by atoms with Gasteiger partial charge in [0.2, 0.25) is 0 Å². The molecule has 6 nitrogen and oxygen atoms in total.